The van der Waals surface area contributed by atoms with E-state index in [1.165, 1.54) is 12.1 Å². The second-order valence-corrected chi connectivity index (χ2v) is 6.63. The molecule has 0 aliphatic carbocycles. The van der Waals surface area contributed by atoms with Crippen molar-refractivity contribution in [1.82, 2.24) is 10.2 Å². The molecule has 0 spiro atoms. The van der Waals surface area contributed by atoms with Crippen molar-refractivity contribution >= 4 is 17.3 Å². The first-order valence-corrected chi connectivity index (χ1v) is 8.74. The normalized spacial score (nSPS) is 13.9. The summed E-state index contributed by atoms with van der Waals surface area (Å²) in [5.41, 5.74) is 3.08. The van der Waals surface area contributed by atoms with Crippen molar-refractivity contribution in [2.75, 3.05) is 13.1 Å². The summed E-state index contributed by atoms with van der Waals surface area (Å²) in [6, 6.07) is 9.72. The molecule has 0 saturated heterocycles. The number of rotatable bonds is 3. The predicted octanol–water partition coefficient (Wildman–Crippen LogP) is 3.10. The van der Waals surface area contributed by atoms with Gasteiger partial charge in [0.1, 0.15) is 5.82 Å². The minimum atomic E-state index is -0.232. The van der Waals surface area contributed by atoms with E-state index in [1.807, 2.05) is 0 Å². The van der Waals surface area contributed by atoms with Crippen LogP contribution in [0.2, 0.25) is 0 Å². The second kappa shape index (κ2) is 7.70. The van der Waals surface area contributed by atoms with E-state index in [-0.39, 0.29) is 17.3 Å². The van der Waals surface area contributed by atoms with Gasteiger partial charge in [0.25, 0.3) is 0 Å². The molecule has 0 bridgehead atoms. The summed E-state index contributed by atoms with van der Waals surface area (Å²) in [6.45, 7) is 2.10. The van der Waals surface area contributed by atoms with Crippen LogP contribution in [0.3, 0.4) is 0 Å². The van der Waals surface area contributed by atoms with Crippen molar-refractivity contribution in [3.63, 3.8) is 0 Å². The van der Waals surface area contributed by atoms with Crippen molar-refractivity contribution in [3.8, 4) is 11.5 Å². The molecule has 4 nitrogen and oxygen atoms in total. The smallest absolute Gasteiger partial charge is 0.169 e. The molecule has 25 heavy (non-hydrogen) atoms. The number of hydrogen-bond acceptors (Lipinski definition) is 3. The van der Waals surface area contributed by atoms with Crippen LogP contribution in [0.25, 0.3) is 0 Å². The number of aromatic hydroxyl groups is 2. The lowest BCUT2D eigenvalue weighted by atomic mass is 10.0. The summed E-state index contributed by atoms with van der Waals surface area (Å²) < 4.78 is 12.9. The quantitative estimate of drug-likeness (QED) is 0.580. The summed E-state index contributed by atoms with van der Waals surface area (Å²) in [4.78, 5) is 2.07. The Kier molecular flexibility index (Phi) is 5.38. The SMILES string of the molecule is Oc1cc2c(cc1O)CN(C(=S)NCCc1ccc(F)cc1)CCC2. The molecule has 2 aromatic rings. The number of fused-ring (bicyclic) bond motifs is 1. The highest BCUT2D eigenvalue weighted by Gasteiger charge is 2.18. The lowest BCUT2D eigenvalue weighted by Gasteiger charge is -2.24. The van der Waals surface area contributed by atoms with Gasteiger partial charge in [0.15, 0.2) is 16.6 Å². The number of aryl methyl sites for hydroxylation is 1. The Morgan fingerprint density at radius 1 is 1.12 bits per heavy atom. The fourth-order valence-electron chi connectivity index (χ4n) is 3.04. The minimum Gasteiger partial charge on any atom is -0.504 e. The zero-order valence-electron chi connectivity index (χ0n) is 13.8. The Balaban J connectivity index is 1.58. The van der Waals surface area contributed by atoms with Gasteiger partial charge in [0, 0.05) is 19.6 Å². The highest BCUT2D eigenvalue weighted by molar-refractivity contribution is 7.80. The van der Waals surface area contributed by atoms with Crippen LogP contribution >= 0.6 is 12.2 Å². The summed E-state index contributed by atoms with van der Waals surface area (Å²) >= 11 is 5.50. The molecule has 0 fully saturated rings. The van der Waals surface area contributed by atoms with E-state index in [2.05, 4.69) is 10.2 Å². The second-order valence-electron chi connectivity index (χ2n) is 6.24. The van der Waals surface area contributed by atoms with Gasteiger partial charge in [0.2, 0.25) is 0 Å². The number of halogens is 1. The maximum absolute atomic E-state index is 12.9. The topological polar surface area (TPSA) is 55.7 Å². The first-order chi connectivity index (χ1) is 12.0. The van der Waals surface area contributed by atoms with E-state index in [4.69, 9.17) is 12.2 Å². The Labute approximate surface area is 151 Å². The van der Waals surface area contributed by atoms with Crippen LogP contribution in [0.1, 0.15) is 23.1 Å². The first kappa shape index (κ1) is 17.5. The largest absolute Gasteiger partial charge is 0.504 e. The van der Waals surface area contributed by atoms with Crippen LogP contribution in [0.5, 0.6) is 11.5 Å². The number of thiocarbonyl (C=S) groups is 1. The van der Waals surface area contributed by atoms with Crippen molar-refractivity contribution < 1.29 is 14.6 Å². The standard InChI is InChI=1S/C19H21FN2O2S/c20-16-5-3-13(4-6-16)7-8-21-19(25)22-9-1-2-14-10-17(23)18(24)11-15(14)12-22/h3-6,10-11,23-24H,1-2,7-9,12H2,(H,21,25). The fraction of sp³-hybridized carbons (Fsp3) is 0.316. The summed E-state index contributed by atoms with van der Waals surface area (Å²) in [7, 11) is 0. The summed E-state index contributed by atoms with van der Waals surface area (Å²) in [5, 5.41) is 23.3. The predicted molar refractivity (Wildman–Crippen MR) is 99.2 cm³/mol. The van der Waals surface area contributed by atoms with Gasteiger partial charge in [-0.05, 0) is 72.4 Å². The number of hydrogen-bond donors (Lipinski definition) is 3. The highest BCUT2D eigenvalue weighted by Crippen LogP contribution is 2.31. The maximum atomic E-state index is 12.9. The Hall–Kier alpha value is -2.34. The van der Waals surface area contributed by atoms with Crippen molar-refractivity contribution in [3.05, 3.63) is 58.9 Å². The average molecular weight is 360 g/mol. The molecule has 1 aliphatic rings. The van der Waals surface area contributed by atoms with Gasteiger partial charge in [-0.15, -0.1) is 0 Å². The van der Waals surface area contributed by atoms with Crippen molar-refractivity contribution in [1.29, 1.82) is 0 Å². The zero-order valence-corrected chi connectivity index (χ0v) is 14.7. The van der Waals surface area contributed by atoms with Gasteiger partial charge in [-0.3, -0.25) is 0 Å². The molecule has 132 valence electrons. The summed E-state index contributed by atoms with van der Waals surface area (Å²) in [6.07, 6.45) is 2.54. The molecule has 0 amide bonds. The van der Waals surface area contributed by atoms with Crippen LogP contribution in [0.15, 0.2) is 36.4 Å². The Morgan fingerprint density at radius 2 is 1.80 bits per heavy atom. The molecule has 3 rings (SSSR count). The van der Waals surface area contributed by atoms with Crippen LogP contribution in [-0.2, 0) is 19.4 Å². The molecular weight excluding hydrogens is 339 g/mol. The molecule has 0 aromatic heterocycles. The summed E-state index contributed by atoms with van der Waals surface area (Å²) in [5.74, 6) is -0.410. The first-order valence-electron chi connectivity index (χ1n) is 8.34. The zero-order chi connectivity index (χ0) is 17.8. The molecule has 6 heteroatoms. The van der Waals surface area contributed by atoms with Gasteiger partial charge in [-0.2, -0.15) is 0 Å². The van der Waals surface area contributed by atoms with Crippen LogP contribution < -0.4 is 5.32 Å². The molecule has 1 aliphatic heterocycles. The molecule has 2 aromatic carbocycles. The number of benzene rings is 2. The number of phenols is 2. The number of nitrogens with one attached hydrogen (secondary N) is 1. The number of nitrogens with zero attached hydrogens (tertiary/aromatic N) is 1. The molecule has 3 N–H and O–H groups in total. The van der Waals surface area contributed by atoms with E-state index in [0.29, 0.717) is 18.2 Å². The van der Waals surface area contributed by atoms with Gasteiger partial charge in [-0.25, -0.2) is 4.39 Å². The van der Waals surface area contributed by atoms with E-state index < -0.39 is 0 Å². The van der Waals surface area contributed by atoms with Crippen molar-refractivity contribution in [2.45, 2.75) is 25.8 Å². The van der Waals surface area contributed by atoms with E-state index in [1.54, 1.807) is 24.3 Å². The van der Waals surface area contributed by atoms with Crippen LogP contribution in [0.4, 0.5) is 4.39 Å². The minimum absolute atomic E-state index is 0.0767. The third kappa shape index (κ3) is 4.39. The van der Waals surface area contributed by atoms with E-state index in [0.717, 1.165) is 42.5 Å². The van der Waals surface area contributed by atoms with Crippen molar-refractivity contribution in [2.24, 2.45) is 0 Å². The Morgan fingerprint density at radius 3 is 2.52 bits per heavy atom. The fourth-order valence-corrected chi connectivity index (χ4v) is 3.30. The highest BCUT2D eigenvalue weighted by atomic mass is 32.1. The van der Waals surface area contributed by atoms with E-state index in [9.17, 15) is 14.6 Å². The molecule has 0 saturated carbocycles. The molecule has 1 heterocycles. The van der Waals surface area contributed by atoms with E-state index >= 15 is 0 Å². The van der Waals surface area contributed by atoms with Gasteiger partial charge < -0.3 is 20.4 Å². The molecule has 0 unspecified atom stereocenters. The van der Waals surface area contributed by atoms with Crippen LogP contribution in [-0.4, -0.2) is 33.3 Å². The lowest BCUT2D eigenvalue weighted by Crippen LogP contribution is -2.40. The van der Waals surface area contributed by atoms with Crippen LogP contribution in [0, 0.1) is 5.82 Å². The van der Waals surface area contributed by atoms with Gasteiger partial charge in [-0.1, -0.05) is 12.1 Å². The third-order valence-electron chi connectivity index (χ3n) is 4.42. The third-order valence-corrected chi connectivity index (χ3v) is 4.83. The lowest BCUT2D eigenvalue weighted by molar-refractivity contribution is 0.397. The average Bonchev–Trinajstić information content (AvgIpc) is 2.79. The Bertz CT molecular complexity index is 765. The monoisotopic (exact) mass is 360 g/mol. The number of phenolic OH excluding ortho intramolecular Hbond substituents is 2. The molecule has 0 atom stereocenters. The van der Waals surface area contributed by atoms with Gasteiger partial charge in [0.05, 0.1) is 0 Å². The molecule has 0 radical (unpaired) electrons. The maximum Gasteiger partial charge on any atom is 0.169 e. The van der Waals surface area contributed by atoms with Gasteiger partial charge >= 0.3 is 0 Å². The molecular formula is C19H21FN2O2S.